The van der Waals surface area contributed by atoms with Gasteiger partial charge in [-0.25, -0.2) is 9.37 Å². The van der Waals surface area contributed by atoms with E-state index in [-0.39, 0.29) is 5.82 Å². The van der Waals surface area contributed by atoms with Crippen molar-refractivity contribution < 1.29 is 4.39 Å². The summed E-state index contributed by atoms with van der Waals surface area (Å²) in [5.74, 6) is 0.284. The lowest BCUT2D eigenvalue weighted by molar-refractivity contribution is 0.625. The van der Waals surface area contributed by atoms with Gasteiger partial charge in [-0.05, 0) is 30.3 Å². The molecule has 1 aromatic carbocycles. The number of rotatable bonds is 3. The fraction of sp³-hybridized carbons (Fsp3) is 0. The number of aromatic nitrogens is 1. The average Bonchev–Trinajstić information content (AvgIpc) is 2.33. The van der Waals surface area contributed by atoms with Crippen molar-refractivity contribution >= 4 is 28.0 Å². The molecule has 0 saturated carbocycles. The number of nitrogens with zero attached hydrogens (tertiary/aromatic N) is 2. The van der Waals surface area contributed by atoms with Gasteiger partial charge in [-0.15, -0.1) is 0 Å². The van der Waals surface area contributed by atoms with Crippen molar-refractivity contribution in [3.8, 4) is 0 Å². The summed E-state index contributed by atoms with van der Waals surface area (Å²) in [4.78, 5) is 4.02. The fourth-order valence-corrected chi connectivity index (χ4v) is 1.54. The third-order valence-corrected chi connectivity index (χ3v) is 2.50. The van der Waals surface area contributed by atoms with E-state index in [4.69, 9.17) is 0 Å². The molecule has 5 heteroatoms. The Labute approximate surface area is 107 Å². The van der Waals surface area contributed by atoms with Gasteiger partial charge in [0, 0.05) is 16.2 Å². The molecule has 0 amide bonds. The molecular weight excluding hydrogens is 285 g/mol. The molecule has 0 fully saturated rings. The predicted octanol–water partition coefficient (Wildman–Crippen LogP) is 3.43. The quantitative estimate of drug-likeness (QED) is 0.695. The van der Waals surface area contributed by atoms with Gasteiger partial charge in [0.25, 0.3) is 0 Å². The van der Waals surface area contributed by atoms with Crippen LogP contribution in [0, 0.1) is 5.82 Å². The Morgan fingerprint density at radius 1 is 1.29 bits per heavy atom. The number of hydrogen-bond acceptors (Lipinski definition) is 3. The van der Waals surface area contributed by atoms with Gasteiger partial charge >= 0.3 is 0 Å². The van der Waals surface area contributed by atoms with E-state index in [1.807, 2.05) is 12.1 Å². The van der Waals surface area contributed by atoms with Crippen molar-refractivity contribution in [1.29, 1.82) is 0 Å². The zero-order valence-electron chi connectivity index (χ0n) is 8.77. The SMILES string of the molecule is Fc1cc(Br)ccc1/C=N\Nc1ccccn1. The number of hydrazone groups is 1. The maximum absolute atomic E-state index is 13.4. The Bertz CT molecular complexity index is 529. The fourth-order valence-electron chi connectivity index (χ4n) is 1.20. The van der Waals surface area contributed by atoms with Gasteiger partial charge in [-0.3, -0.25) is 5.43 Å². The number of benzene rings is 1. The summed E-state index contributed by atoms with van der Waals surface area (Å²) in [6, 6.07) is 10.2. The second-order valence-electron chi connectivity index (χ2n) is 3.25. The molecule has 2 aromatic rings. The minimum absolute atomic E-state index is 0.328. The highest BCUT2D eigenvalue weighted by molar-refractivity contribution is 9.10. The zero-order chi connectivity index (χ0) is 12.1. The number of halogens is 2. The van der Waals surface area contributed by atoms with Gasteiger partial charge in [-0.2, -0.15) is 5.10 Å². The lowest BCUT2D eigenvalue weighted by atomic mass is 10.2. The third kappa shape index (κ3) is 3.35. The highest BCUT2D eigenvalue weighted by Gasteiger charge is 1.99. The highest BCUT2D eigenvalue weighted by atomic mass is 79.9. The first kappa shape index (κ1) is 11.7. The van der Waals surface area contributed by atoms with Crippen LogP contribution in [-0.4, -0.2) is 11.2 Å². The molecular formula is C12H9BrFN3. The Morgan fingerprint density at radius 3 is 2.88 bits per heavy atom. The molecule has 1 heterocycles. The van der Waals surface area contributed by atoms with E-state index in [0.29, 0.717) is 15.9 Å². The Morgan fingerprint density at radius 2 is 2.18 bits per heavy atom. The lowest BCUT2D eigenvalue weighted by Gasteiger charge is -1.99. The van der Waals surface area contributed by atoms with Crippen LogP contribution in [0.1, 0.15) is 5.56 Å². The van der Waals surface area contributed by atoms with Crippen LogP contribution in [0.15, 0.2) is 52.2 Å². The monoisotopic (exact) mass is 293 g/mol. The molecule has 0 aliphatic heterocycles. The van der Waals surface area contributed by atoms with Crippen LogP contribution in [0.2, 0.25) is 0 Å². The highest BCUT2D eigenvalue weighted by Crippen LogP contribution is 2.13. The number of pyridine rings is 1. The number of anilines is 1. The second-order valence-corrected chi connectivity index (χ2v) is 4.17. The Kier molecular flexibility index (Phi) is 3.82. The van der Waals surface area contributed by atoms with E-state index in [9.17, 15) is 4.39 Å². The van der Waals surface area contributed by atoms with Gasteiger partial charge in [0.2, 0.25) is 0 Å². The molecule has 0 spiro atoms. The topological polar surface area (TPSA) is 37.3 Å². The summed E-state index contributed by atoms with van der Waals surface area (Å²) in [5, 5.41) is 3.91. The van der Waals surface area contributed by atoms with Gasteiger partial charge < -0.3 is 0 Å². The van der Waals surface area contributed by atoms with Crippen molar-refractivity contribution in [2.24, 2.45) is 5.10 Å². The zero-order valence-corrected chi connectivity index (χ0v) is 10.4. The van der Waals surface area contributed by atoms with Gasteiger partial charge in [0.1, 0.15) is 11.6 Å². The van der Waals surface area contributed by atoms with E-state index >= 15 is 0 Å². The third-order valence-electron chi connectivity index (χ3n) is 2.01. The molecule has 0 saturated heterocycles. The normalized spacial score (nSPS) is 10.7. The summed E-state index contributed by atoms with van der Waals surface area (Å²) in [6.07, 6.45) is 3.06. The molecule has 0 atom stereocenters. The first-order valence-electron chi connectivity index (χ1n) is 4.91. The van der Waals surface area contributed by atoms with Gasteiger partial charge in [0.15, 0.2) is 0 Å². The summed E-state index contributed by atoms with van der Waals surface area (Å²) >= 11 is 3.19. The van der Waals surface area contributed by atoms with Crippen LogP contribution in [0.5, 0.6) is 0 Å². The van der Waals surface area contributed by atoms with Crippen LogP contribution in [0.4, 0.5) is 10.2 Å². The predicted molar refractivity (Wildman–Crippen MR) is 69.6 cm³/mol. The average molecular weight is 294 g/mol. The summed E-state index contributed by atoms with van der Waals surface area (Å²) in [6.45, 7) is 0. The minimum Gasteiger partial charge on any atom is -0.261 e. The van der Waals surface area contributed by atoms with Crippen molar-refractivity contribution in [1.82, 2.24) is 4.98 Å². The number of hydrogen-bond donors (Lipinski definition) is 1. The molecule has 86 valence electrons. The van der Waals surface area contributed by atoms with E-state index in [2.05, 4.69) is 31.4 Å². The summed E-state index contributed by atoms with van der Waals surface area (Å²) < 4.78 is 14.1. The molecule has 2 rings (SSSR count). The van der Waals surface area contributed by atoms with Crippen LogP contribution in [-0.2, 0) is 0 Å². The van der Waals surface area contributed by atoms with E-state index in [0.717, 1.165) is 0 Å². The lowest BCUT2D eigenvalue weighted by Crippen LogP contribution is -1.94. The maximum atomic E-state index is 13.4. The molecule has 0 aliphatic carbocycles. The van der Waals surface area contributed by atoms with Crippen LogP contribution >= 0.6 is 15.9 Å². The molecule has 1 aromatic heterocycles. The van der Waals surface area contributed by atoms with Crippen LogP contribution < -0.4 is 5.43 Å². The van der Waals surface area contributed by atoms with E-state index in [1.165, 1.54) is 12.3 Å². The van der Waals surface area contributed by atoms with Crippen LogP contribution in [0.3, 0.4) is 0 Å². The van der Waals surface area contributed by atoms with Crippen molar-refractivity contribution in [2.75, 3.05) is 5.43 Å². The van der Waals surface area contributed by atoms with Gasteiger partial charge in [0.05, 0.1) is 6.21 Å². The van der Waals surface area contributed by atoms with E-state index in [1.54, 1.807) is 24.4 Å². The van der Waals surface area contributed by atoms with Crippen molar-refractivity contribution in [3.63, 3.8) is 0 Å². The summed E-state index contributed by atoms with van der Waals surface area (Å²) in [5.41, 5.74) is 3.13. The minimum atomic E-state index is -0.328. The van der Waals surface area contributed by atoms with E-state index < -0.39 is 0 Å². The molecule has 1 N–H and O–H groups in total. The molecule has 0 bridgehead atoms. The maximum Gasteiger partial charge on any atom is 0.146 e. The molecule has 17 heavy (non-hydrogen) atoms. The Balaban J connectivity index is 2.06. The van der Waals surface area contributed by atoms with Crippen molar-refractivity contribution in [3.05, 3.63) is 58.4 Å². The largest absolute Gasteiger partial charge is 0.261 e. The Hall–Kier alpha value is -1.75. The molecule has 3 nitrogen and oxygen atoms in total. The molecule has 0 radical (unpaired) electrons. The second kappa shape index (κ2) is 5.54. The van der Waals surface area contributed by atoms with Gasteiger partial charge in [-0.1, -0.05) is 22.0 Å². The smallest absolute Gasteiger partial charge is 0.146 e. The molecule has 0 unspecified atom stereocenters. The number of nitrogens with one attached hydrogen (secondary N) is 1. The van der Waals surface area contributed by atoms with Crippen LogP contribution in [0.25, 0.3) is 0 Å². The first-order chi connectivity index (χ1) is 8.25. The standard InChI is InChI=1S/C12H9BrFN3/c13-10-5-4-9(11(14)7-10)8-16-17-12-3-1-2-6-15-12/h1-8H,(H,15,17)/b16-8-. The summed E-state index contributed by atoms with van der Waals surface area (Å²) in [7, 11) is 0. The first-order valence-corrected chi connectivity index (χ1v) is 5.70. The van der Waals surface area contributed by atoms with Crippen molar-refractivity contribution in [2.45, 2.75) is 0 Å². The molecule has 0 aliphatic rings.